The van der Waals surface area contributed by atoms with Gasteiger partial charge in [0.1, 0.15) is 11.7 Å². The average Bonchev–Trinajstić information content (AvgIpc) is 2.64. The molecule has 0 unspecified atom stereocenters. The summed E-state index contributed by atoms with van der Waals surface area (Å²) in [6, 6.07) is 4.65. The third-order valence-corrected chi connectivity index (χ3v) is 4.41. The number of benzene rings is 1. The normalized spacial score (nSPS) is 15.7. The average molecular weight is 391 g/mol. The molecular weight excluding hydrogens is 372 g/mol. The molecule has 9 heteroatoms. The van der Waals surface area contributed by atoms with Crippen LogP contribution in [0.5, 0.6) is 11.5 Å². The molecule has 0 saturated carbocycles. The van der Waals surface area contributed by atoms with E-state index in [1.807, 2.05) is 0 Å². The fourth-order valence-corrected chi connectivity index (χ4v) is 2.53. The Morgan fingerprint density at radius 1 is 1.22 bits per heavy atom. The van der Waals surface area contributed by atoms with Crippen molar-refractivity contribution in [1.29, 1.82) is 0 Å². The molecule has 0 bridgehead atoms. The summed E-state index contributed by atoms with van der Waals surface area (Å²) in [6.07, 6.45) is 0.256. The zero-order valence-corrected chi connectivity index (χ0v) is 16.2. The number of hydrogen-bond donors (Lipinski definition) is 0. The molecule has 1 atom stereocenters. The minimum Gasteiger partial charge on any atom is -0.546 e. The van der Waals surface area contributed by atoms with Crippen molar-refractivity contribution in [2.24, 2.45) is 0 Å². The molecule has 0 radical (unpaired) electrons. The molecule has 1 aromatic rings. The molecule has 1 fully saturated rings. The lowest BCUT2D eigenvalue weighted by molar-refractivity contribution is -0.312. The van der Waals surface area contributed by atoms with E-state index in [9.17, 15) is 19.5 Å². The van der Waals surface area contributed by atoms with Crippen LogP contribution in [0.1, 0.15) is 19.4 Å². The maximum Gasteiger partial charge on any atom is 0.265 e. The maximum absolute atomic E-state index is 12.4. The summed E-state index contributed by atoms with van der Waals surface area (Å²) in [5.74, 6) is -1.87. The Morgan fingerprint density at radius 3 is 2.33 bits per heavy atom. The van der Waals surface area contributed by atoms with E-state index in [4.69, 9.17) is 21.7 Å². The molecule has 2 amide bonds. The second kappa shape index (κ2) is 8.17. The van der Waals surface area contributed by atoms with Crippen molar-refractivity contribution in [1.82, 2.24) is 9.80 Å². The number of ether oxygens (including phenoxy) is 2. The number of thiocarbonyl (C=S) groups is 1. The van der Waals surface area contributed by atoms with Crippen LogP contribution in [-0.2, 0) is 14.4 Å². The van der Waals surface area contributed by atoms with Crippen molar-refractivity contribution in [2.45, 2.75) is 20.0 Å². The van der Waals surface area contributed by atoms with Gasteiger partial charge in [-0.2, -0.15) is 0 Å². The highest BCUT2D eigenvalue weighted by Gasteiger charge is 2.35. The smallest absolute Gasteiger partial charge is 0.265 e. The minimum absolute atomic E-state index is 0.0483. The highest BCUT2D eigenvalue weighted by molar-refractivity contribution is 7.80. The Morgan fingerprint density at radius 2 is 1.81 bits per heavy atom. The topological polar surface area (TPSA) is 99.2 Å². The second-order valence-electron chi connectivity index (χ2n) is 5.79. The number of hydrogen-bond acceptors (Lipinski definition) is 7. The number of carbonyl (C=O) groups excluding carboxylic acids is 3. The predicted molar refractivity (Wildman–Crippen MR) is 98.8 cm³/mol. The van der Waals surface area contributed by atoms with Gasteiger partial charge in [0.2, 0.25) is 0 Å². The summed E-state index contributed by atoms with van der Waals surface area (Å²) in [7, 11) is 2.98. The van der Waals surface area contributed by atoms with E-state index in [-0.39, 0.29) is 22.2 Å². The zero-order chi connectivity index (χ0) is 20.3. The number of nitrogens with zero attached hydrogens (tertiary/aromatic N) is 2. The maximum atomic E-state index is 12.4. The Kier molecular flexibility index (Phi) is 6.17. The van der Waals surface area contributed by atoms with Crippen molar-refractivity contribution in [2.75, 3.05) is 20.7 Å². The van der Waals surface area contributed by atoms with Gasteiger partial charge in [-0.05, 0) is 49.8 Å². The van der Waals surface area contributed by atoms with Gasteiger partial charge in [-0.25, -0.2) is 0 Å². The van der Waals surface area contributed by atoms with Gasteiger partial charge in [-0.15, -0.1) is 0 Å². The minimum atomic E-state index is -1.36. The van der Waals surface area contributed by atoms with Gasteiger partial charge >= 0.3 is 0 Å². The number of aliphatic carboxylic acids is 1. The highest BCUT2D eigenvalue weighted by atomic mass is 32.1. The third kappa shape index (κ3) is 4.25. The number of carboxylic acids is 1. The summed E-state index contributed by atoms with van der Waals surface area (Å²) in [5.41, 5.74) is 0.464. The number of carboxylic acid groups (broad SMARTS) is 1. The van der Waals surface area contributed by atoms with Crippen LogP contribution >= 0.6 is 12.2 Å². The Hall–Kier alpha value is -2.94. The molecule has 0 N–H and O–H groups in total. The summed E-state index contributed by atoms with van der Waals surface area (Å²) in [4.78, 5) is 38.1. The van der Waals surface area contributed by atoms with Crippen molar-refractivity contribution >= 4 is 41.2 Å². The molecule has 1 aliphatic heterocycles. The van der Waals surface area contributed by atoms with E-state index in [2.05, 4.69) is 0 Å². The Balaban J connectivity index is 2.41. The summed E-state index contributed by atoms with van der Waals surface area (Å²) in [5, 5.41) is 11.0. The molecule has 0 spiro atoms. The first kappa shape index (κ1) is 20.4. The lowest BCUT2D eigenvalue weighted by Crippen LogP contribution is -2.52. The zero-order valence-electron chi connectivity index (χ0n) is 15.3. The molecular formula is C18H19N2O6S-. The number of carbonyl (C=O) groups is 3. The monoisotopic (exact) mass is 391 g/mol. The van der Waals surface area contributed by atoms with Gasteiger partial charge in [0, 0.05) is 14.1 Å². The summed E-state index contributed by atoms with van der Waals surface area (Å²) in [6.45, 7) is 3.42. The number of likely N-dealkylation sites (N-methyl/N-ethyl adjacent to an activating group) is 2. The standard InChI is InChI=1S/C18H20N2O6S/c1-5-25-14-9-11(6-7-13(14)26-10(2)17(23)24)8-12-15(21)19(3)18(27)20(4)16(12)22/h6-10H,5H2,1-4H3,(H,23,24)/p-1/t10-/m1/s1. The van der Waals surface area contributed by atoms with Crippen LogP contribution in [0.2, 0.25) is 0 Å². The van der Waals surface area contributed by atoms with Crippen LogP contribution in [0.3, 0.4) is 0 Å². The first-order valence-corrected chi connectivity index (χ1v) is 8.54. The molecule has 8 nitrogen and oxygen atoms in total. The van der Waals surface area contributed by atoms with Crippen LogP contribution in [0.4, 0.5) is 0 Å². The molecule has 1 aromatic carbocycles. The predicted octanol–water partition coefficient (Wildman–Crippen LogP) is 0.201. The quantitative estimate of drug-likeness (QED) is 0.388. The van der Waals surface area contributed by atoms with E-state index in [0.29, 0.717) is 12.2 Å². The van der Waals surface area contributed by atoms with Crippen LogP contribution in [0.25, 0.3) is 6.08 Å². The SMILES string of the molecule is CCOc1cc(C=C2C(=O)N(C)C(=S)N(C)C2=O)ccc1O[C@H](C)C(=O)[O-]. The molecule has 144 valence electrons. The van der Waals surface area contributed by atoms with Crippen molar-refractivity contribution in [3.63, 3.8) is 0 Å². The van der Waals surface area contributed by atoms with Crippen LogP contribution in [-0.4, -0.2) is 59.5 Å². The summed E-state index contributed by atoms with van der Waals surface area (Å²) < 4.78 is 10.8. The second-order valence-corrected chi connectivity index (χ2v) is 6.15. The van der Waals surface area contributed by atoms with Crippen LogP contribution < -0.4 is 14.6 Å². The Labute approximate surface area is 161 Å². The first-order chi connectivity index (χ1) is 12.7. The molecule has 1 heterocycles. The van der Waals surface area contributed by atoms with Crippen molar-refractivity contribution in [3.8, 4) is 11.5 Å². The lowest BCUT2D eigenvalue weighted by atomic mass is 10.1. The van der Waals surface area contributed by atoms with E-state index < -0.39 is 23.9 Å². The van der Waals surface area contributed by atoms with Crippen molar-refractivity contribution in [3.05, 3.63) is 29.3 Å². The van der Waals surface area contributed by atoms with Gasteiger partial charge in [0.15, 0.2) is 16.6 Å². The van der Waals surface area contributed by atoms with E-state index in [1.165, 1.54) is 43.0 Å². The highest BCUT2D eigenvalue weighted by Crippen LogP contribution is 2.31. The van der Waals surface area contributed by atoms with Gasteiger partial charge in [-0.3, -0.25) is 19.4 Å². The molecule has 1 aliphatic rings. The fourth-order valence-electron chi connectivity index (χ4n) is 2.36. The molecule has 0 aliphatic carbocycles. The van der Waals surface area contributed by atoms with Crippen molar-refractivity contribution < 1.29 is 29.0 Å². The number of amides is 2. The number of rotatable bonds is 6. The van der Waals surface area contributed by atoms with Gasteiger partial charge in [-0.1, -0.05) is 6.07 Å². The van der Waals surface area contributed by atoms with E-state index in [0.717, 1.165) is 0 Å². The lowest BCUT2D eigenvalue weighted by Gasteiger charge is -2.31. The van der Waals surface area contributed by atoms with Crippen LogP contribution in [0, 0.1) is 0 Å². The van der Waals surface area contributed by atoms with Gasteiger partial charge < -0.3 is 19.4 Å². The van der Waals surface area contributed by atoms with E-state index >= 15 is 0 Å². The third-order valence-electron chi connectivity index (χ3n) is 3.86. The molecule has 1 saturated heterocycles. The molecule has 2 rings (SSSR count). The largest absolute Gasteiger partial charge is 0.546 e. The van der Waals surface area contributed by atoms with Gasteiger partial charge in [0.05, 0.1) is 12.6 Å². The van der Waals surface area contributed by atoms with E-state index in [1.54, 1.807) is 19.1 Å². The molecule has 0 aromatic heterocycles. The Bertz CT molecular complexity index is 809. The van der Waals surface area contributed by atoms with Crippen LogP contribution in [0.15, 0.2) is 23.8 Å². The molecule has 27 heavy (non-hydrogen) atoms. The summed E-state index contributed by atoms with van der Waals surface area (Å²) >= 11 is 5.05. The fraction of sp³-hybridized carbons (Fsp3) is 0.333. The van der Waals surface area contributed by atoms with Gasteiger partial charge in [0.25, 0.3) is 11.8 Å². The first-order valence-electron chi connectivity index (χ1n) is 8.13.